The highest BCUT2D eigenvalue weighted by Crippen LogP contribution is 2.33. The molecule has 0 heterocycles. The summed E-state index contributed by atoms with van der Waals surface area (Å²) in [4.78, 5) is 14.8. The molecule has 0 unspecified atom stereocenters. The van der Waals surface area contributed by atoms with E-state index in [9.17, 15) is 4.79 Å². The van der Waals surface area contributed by atoms with Gasteiger partial charge in [-0.3, -0.25) is 4.79 Å². The summed E-state index contributed by atoms with van der Waals surface area (Å²) in [5, 5.41) is 6.96. The van der Waals surface area contributed by atoms with Crippen molar-refractivity contribution in [2.45, 2.75) is 36.6 Å². The van der Waals surface area contributed by atoms with Gasteiger partial charge >= 0.3 is 0 Å². The quantitative estimate of drug-likeness (QED) is 0.354. The Labute approximate surface area is 196 Å². The minimum Gasteiger partial charge on any atom is -0.374 e. The fraction of sp³-hybridized carbons (Fsp3) is 0.174. The van der Waals surface area contributed by atoms with Gasteiger partial charge in [-0.2, -0.15) is 0 Å². The molecule has 3 rings (SSSR count). The van der Waals surface area contributed by atoms with Crippen molar-refractivity contribution in [2.24, 2.45) is 0 Å². The normalized spacial score (nSPS) is 11.8. The summed E-state index contributed by atoms with van der Waals surface area (Å²) in [7, 11) is 0. The molecular formula is C23H21Cl3N2OS. The Morgan fingerprint density at radius 2 is 1.47 bits per heavy atom. The molecule has 0 aliphatic rings. The predicted molar refractivity (Wildman–Crippen MR) is 130 cm³/mol. The van der Waals surface area contributed by atoms with E-state index < -0.39 is 6.04 Å². The van der Waals surface area contributed by atoms with E-state index in [1.165, 1.54) is 28.2 Å². The molecule has 3 nitrogen and oxygen atoms in total. The number of rotatable bonds is 6. The topological polar surface area (TPSA) is 41.1 Å². The van der Waals surface area contributed by atoms with Crippen LogP contribution < -0.4 is 10.6 Å². The zero-order chi connectivity index (χ0) is 21.8. The van der Waals surface area contributed by atoms with Crippen LogP contribution in [0.4, 0.5) is 11.4 Å². The molecule has 0 saturated heterocycles. The molecule has 0 fully saturated rings. The van der Waals surface area contributed by atoms with Gasteiger partial charge in [-0.05, 0) is 80.4 Å². The number of hydrogen-bond donors (Lipinski definition) is 2. The van der Waals surface area contributed by atoms with Crippen LogP contribution in [0.5, 0.6) is 0 Å². The van der Waals surface area contributed by atoms with Gasteiger partial charge in [0.1, 0.15) is 6.04 Å². The summed E-state index contributed by atoms with van der Waals surface area (Å²) in [6.07, 6.45) is 0. The lowest BCUT2D eigenvalue weighted by molar-refractivity contribution is -0.116. The Bertz CT molecular complexity index is 1070. The van der Waals surface area contributed by atoms with Crippen LogP contribution in [0.3, 0.4) is 0 Å². The van der Waals surface area contributed by atoms with E-state index in [-0.39, 0.29) is 5.91 Å². The zero-order valence-corrected chi connectivity index (χ0v) is 19.8. The van der Waals surface area contributed by atoms with Gasteiger partial charge in [0, 0.05) is 15.5 Å². The summed E-state index contributed by atoms with van der Waals surface area (Å²) < 4.78 is 0. The number of halogens is 3. The van der Waals surface area contributed by atoms with Crippen molar-refractivity contribution >= 4 is 63.8 Å². The van der Waals surface area contributed by atoms with E-state index in [2.05, 4.69) is 42.7 Å². The number of aryl methyl sites for hydroxylation is 2. The molecule has 0 aliphatic carbocycles. The van der Waals surface area contributed by atoms with Crippen LogP contribution in [-0.4, -0.2) is 11.9 Å². The SMILES string of the molecule is Cc1ccc(Sc2ccc(N[C@H](C)C(=O)Nc3cc(Cl)c(Cl)cc3Cl)cc2)cc1C. The van der Waals surface area contributed by atoms with E-state index in [0.29, 0.717) is 20.8 Å². The van der Waals surface area contributed by atoms with Crippen molar-refractivity contribution in [3.05, 3.63) is 80.8 Å². The summed E-state index contributed by atoms with van der Waals surface area (Å²) in [5.74, 6) is -0.233. The Morgan fingerprint density at radius 1 is 0.833 bits per heavy atom. The second-order valence-electron chi connectivity index (χ2n) is 6.97. The Balaban J connectivity index is 1.61. The van der Waals surface area contributed by atoms with E-state index in [0.717, 1.165) is 10.6 Å². The average Bonchev–Trinajstić information content (AvgIpc) is 2.70. The third-order valence-electron chi connectivity index (χ3n) is 4.61. The maximum Gasteiger partial charge on any atom is 0.246 e. The van der Waals surface area contributed by atoms with Crippen molar-refractivity contribution < 1.29 is 4.79 Å². The van der Waals surface area contributed by atoms with Gasteiger partial charge in [0.15, 0.2) is 0 Å². The number of hydrogen-bond acceptors (Lipinski definition) is 3. The first kappa shape index (κ1) is 22.8. The molecular weight excluding hydrogens is 459 g/mol. The van der Waals surface area contributed by atoms with Crippen LogP contribution in [0.2, 0.25) is 15.1 Å². The van der Waals surface area contributed by atoms with Gasteiger partial charge < -0.3 is 10.6 Å². The number of carbonyl (C=O) groups excluding carboxylic acids is 1. The second kappa shape index (κ2) is 9.97. The third-order valence-corrected chi connectivity index (χ3v) is 6.65. The highest BCUT2D eigenvalue weighted by Gasteiger charge is 2.15. The summed E-state index contributed by atoms with van der Waals surface area (Å²) in [6, 6.07) is 17.0. The van der Waals surface area contributed by atoms with Gasteiger partial charge in [-0.25, -0.2) is 0 Å². The summed E-state index contributed by atoms with van der Waals surface area (Å²) >= 11 is 19.8. The molecule has 30 heavy (non-hydrogen) atoms. The molecule has 0 spiro atoms. The Hall–Kier alpha value is -1.85. The van der Waals surface area contributed by atoms with E-state index in [1.54, 1.807) is 18.7 Å². The van der Waals surface area contributed by atoms with Crippen LogP contribution in [-0.2, 0) is 4.79 Å². The van der Waals surface area contributed by atoms with E-state index in [4.69, 9.17) is 34.8 Å². The largest absolute Gasteiger partial charge is 0.374 e. The van der Waals surface area contributed by atoms with Gasteiger partial charge in [-0.15, -0.1) is 0 Å². The van der Waals surface area contributed by atoms with Crippen molar-refractivity contribution in [3.63, 3.8) is 0 Å². The third kappa shape index (κ3) is 5.86. The van der Waals surface area contributed by atoms with Crippen LogP contribution in [0.15, 0.2) is 64.4 Å². The number of benzene rings is 3. The molecule has 0 bridgehead atoms. The average molecular weight is 480 g/mol. The summed E-state index contributed by atoms with van der Waals surface area (Å²) in [5.41, 5.74) is 3.83. The minimum atomic E-state index is -0.478. The Morgan fingerprint density at radius 3 is 2.13 bits per heavy atom. The van der Waals surface area contributed by atoms with Crippen LogP contribution in [0, 0.1) is 13.8 Å². The highest BCUT2D eigenvalue weighted by atomic mass is 35.5. The second-order valence-corrected chi connectivity index (χ2v) is 9.34. The first-order chi connectivity index (χ1) is 14.2. The number of nitrogens with one attached hydrogen (secondary N) is 2. The standard InChI is InChI=1S/C23H21Cl3N2OS/c1-13-4-7-18(10-14(13)2)30-17-8-5-16(6-9-17)27-15(3)23(29)28-22-12-20(25)19(24)11-21(22)26/h4-12,15,27H,1-3H3,(H,28,29)/t15-/m1/s1. The van der Waals surface area contributed by atoms with Crippen LogP contribution >= 0.6 is 46.6 Å². The van der Waals surface area contributed by atoms with Crippen molar-refractivity contribution in [2.75, 3.05) is 10.6 Å². The Kier molecular flexibility index (Phi) is 7.59. The molecule has 3 aromatic carbocycles. The number of amides is 1. The van der Waals surface area contributed by atoms with Crippen molar-refractivity contribution in [1.29, 1.82) is 0 Å². The highest BCUT2D eigenvalue weighted by molar-refractivity contribution is 7.99. The van der Waals surface area contributed by atoms with Crippen LogP contribution in [0.25, 0.3) is 0 Å². The lowest BCUT2D eigenvalue weighted by atomic mass is 10.1. The van der Waals surface area contributed by atoms with E-state index >= 15 is 0 Å². The molecule has 0 aliphatic heterocycles. The lowest BCUT2D eigenvalue weighted by Gasteiger charge is -2.16. The first-order valence-electron chi connectivity index (χ1n) is 9.30. The van der Waals surface area contributed by atoms with E-state index in [1.807, 2.05) is 24.3 Å². The molecule has 1 atom stereocenters. The fourth-order valence-corrected chi connectivity index (χ4v) is 4.22. The zero-order valence-electron chi connectivity index (χ0n) is 16.7. The van der Waals surface area contributed by atoms with Crippen LogP contribution in [0.1, 0.15) is 18.1 Å². The number of carbonyl (C=O) groups is 1. The smallest absolute Gasteiger partial charge is 0.246 e. The predicted octanol–water partition coefficient (Wildman–Crippen LogP) is 7.85. The van der Waals surface area contributed by atoms with Gasteiger partial charge in [-0.1, -0.05) is 52.6 Å². The monoisotopic (exact) mass is 478 g/mol. The summed E-state index contributed by atoms with van der Waals surface area (Å²) in [6.45, 7) is 6.00. The first-order valence-corrected chi connectivity index (χ1v) is 11.2. The van der Waals surface area contributed by atoms with Gasteiger partial charge in [0.05, 0.1) is 20.8 Å². The van der Waals surface area contributed by atoms with Gasteiger partial charge in [0.2, 0.25) is 5.91 Å². The molecule has 0 radical (unpaired) electrons. The molecule has 0 saturated carbocycles. The molecule has 2 N–H and O–H groups in total. The van der Waals surface area contributed by atoms with Crippen molar-refractivity contribution in [3.8, 4) is 0 Å². The maximum atomic E-state index is 12.5. The molecule has 156 valence electrons. The molecule has 1 amide bonds. The fourth-order valence-electron chi connectivity index (χ4n) is 2.71. The maximum absolute atomic E-state index is 12.5. The van der Waals surface area contributed by atoms with Gasteiger partial charge in [0.25, 0.3) is 0 Å². The lowest BCUT2D eigenvalue weighted by Crippen LogP contribution is -2.31. The minimum absolute atomic E-state index is 0.233. The molecule has 3 aromatic rings. The number of anilines is 2. The van der Waals surface area contributed by atoms with Crippen molar-refractivity contribution in [1.82, 2.24) is 0 Å². The molecule has 7 heteroatoms. The molecule has 0 aromatic heterocycles.